The Morgan fingerprint density at radius 1 is 1.40 bits per heavy atom. The number of carbonyl (C=O) groups excluding carboxylic acids is 1. The Kier molecular flexibility index (Phi) is 4.71. The Morgan fingerprint density at radius 2 is 2.20 bits per heavy atom. The van der Waals surface area contributed by atoms with E-state index in [0.717, 1.165) is 19.3 Å². The van der Waals surface area contributed by atoms with Gasteiger partial charge in [0.15, 0.2) is 0 Å². The summed E-state index contributed by atoms with van der Waals surface area (Å²) in [5, 5.41) is 0. The smallest absolute Gasteiger partial charge is 0.0674 e. The van der Waals surface area contributed by atoms with Gasteiger partial charge in [-0.3, -0.25) is 0 Å². The zero-order valence-corrected chi connectivity index (χ0v) is 9.88. The predicted molar refractivity (Wildman–Crippen MR) is 64.4 cm³/mol. The van der Waals surface area contributed by atoms with E-state index >= 15 is 0 Å². The molecule has 82 valence electrons. The Balaban J connectivity index is 2.44. The monoisotopic (exact) mass is 205 g/mol. The molecule has 1 atom stereocenters. The van der Waals surface area contributed by atoms with E-state index in [1.807, 2.05) is 12.2 Å². The van der Waals surface area contributed by atoms with Crippen LogP contribution in [0.2, 0.25) is 0 Å². The molecule has 0 aromatic heterocycles. The van der Waals surface area contributed by atoms with Crippen LogP contribution in [0, 0.1) is 5.41 Å². The molecule has 0 aromatic rings. The molecule has 1 rings (SSSR count). The van der Waals surface area contributed by atoms with E-state index in [-0.39, 0.29) is 5.41 Å². The van der Waals surface area contributed by atoms with Gasteiger partial charge < -0.3 is 0 Å². The maximum absolute atomic E-state index is 11.1. The van der Waals surface area contributed by atoms with E-state index < -0.39 is 0 Å². The van der Waals surface area contributed by atoms with Crippen LogP contribution >= 0.6 is 0 Å². The number of allylic oxidation sites excluding steroid dienone is 4. The van der Waals surface area contributed by atoms with Crippen LogP contribution in [-0.4, -0.2) is 6.29 Å². The summed E-state index contributed by atoms with van der Waals surface area (Å²) in [6.07, 6.45) is 15.1. The summed E-state index contributed by atoms with van der Waals surface area (Å²) < 4.78 is 0. The maximum Gasteiger partial charge on any atom is 0.517 e. The minimum atomic E-state index is -0.313. The van der Waals surface area contributed by atoms with Crippen LogP contribution in [0.15, 0.2) is 23.8 Å². The quantitative estimate of drug-likeness (QED) is 0.474. The summed E-state index contributed by atoms with van der Waals surface area (Å²) in [6.45, 7) is 4.29. The lowest BCUT2D eigenvalue weighted by atomic mass is 9.76. The Labute approximate surface area is 93.3 Å². The zero-order chi connectivity index (χ0) is 11.1. The van der Waals surface area contributed by atoms with Crippen LogP contribution in [0.4, 0.5) is 0 Å². The lowest BCUT2D eigenvalue weighted by Crippen LogP contribution is -2.21. The molecular weight excluding hydrogens is 184 g/mol. The van der Waals surface area contributed by atoms with Gasteiger partial charge >= 0.3 is 6.29 Å². The molecule has 15 heavy (non-hydrogen) atoms. The van der Waals surface area contributed by atoms with E-state index in [1.165, 1.54) is 24.8 Å². The number of hydrogen-bond acceptors (Lipinski definition) is 1. The fourth-order valence-corrected chi connectivity index (χ4v) is 2.17. The van der Waals surface area contributed by atoms with Crippen molar-refractivity contribution in [1.29, 1.82) is 0 Å². The lowest BCUT2D eigenvalue weighted by Gasteiger charge is -2.16. The summed E-state index contributed by atoms with van der Waals surface area (Å²) in [5.41, 5.74) is 0.975. The van der Waals surface area contributed by atoms with E-state index in [4.69, 9.17) is 0 Å². The minimum Gasteiger partial charge on any atom is -0.0674 e. The topological polar surface area (TPSA) is 17.1 Å². The van der Waals surface area contributed by atoms with Crippen molar-refractivity contribution in [3.63, 3.8) is 0 Å². The highest BCUT2D eigenvalue weighted by Gasteiger charge is 2.42. The largest absolute Gasteiger partial charge is 0.517 e. The minimum absolute atomic E-state index is 0.313. The molecule has 0 heterocycles. The van der Waals surface area contributed by atoms with Crippen LogP contribution in [0.25, 0.3) is 0 Å². The molecule has 0 fully saturated rings. The van der Waals surface area contributed by atoms with E-state index in [1.54, 1.807) is 0 Å². The van der Waals surface area contributed by atoms with Gasteiger partial charge in [0.1, 0.15) is 0 Å². The van der Waals surface area contributed by atoms with Gasteiger partial charge in [-0.1, -0.05) is 43.9 Å². The van der Waals surface area contributed by atoms with Gasteiger partial charge in [-0.15, -0.1) is 0 Å². The van der Waals surface area contributed by atoms with Crippen molar-refractivity contribution in [3.05, 3.63) is 23.8 Å². The molecule has 1 aliphatic carbocycles. The molecule has 1 heteroatoms. The van der Waals surface area contributed by atoms with Gasteiger partial charge in [-0.2, -0.15) is 0 Å². The van der Waals surface area contributed by atoms with Gasteiger partial charge in [0.25, 0.3) is 5.41 Å². The van der Waals surface area contributed by atoms with Crippen molar-refractivity contribution in [3.8, 4) is 0 Å². The van der Waals surface area contributed by atoms with Gasteiger partial charge in [0, 0.05) is 17.6 Å². The fourth-order valence-electron chi connectivity index (χ4n) is 2.17. The molecule has 0 saturated carbocycles. The normalized spacial score (nSPS) is 24.8. The first kappa shape index (κ1) is 12.1. The molecule has 0 amide bonds. The molecule has 0 bridgehead atoms. The molecule has 0 saturated heterocycles. The molecule has 0 spiro atoms. The molecule has 1 aliphatic rings. The van der Waals surface area contributed by atoms with E-state index in [9.17, 15) is 4.79 Å². The third kappa shape index (κ3) is 3.60. The second-order valence-electron chi connectivity index (χ2n) is 4.62. The van der Waals surface area contributed by atoms with Crippen molar-refractivity contribution >= 4 is 6.29 Å². The van der Waals surface area contributed by atoms with Crippen molar-refractivity contribution in [2.45, 2.75) is 52.4 Å². The Bertz CT molecular complexity index is 263. The molecular formula is C14H21O+. The highest BCUT2D eigenvalue weighted by molar-refractivity contribution is 5.65. The first-order valence-electron chi connectivity index (χ1n) is 5.97. The summed E-state index contributed by atoms with van der Waals surface area (Å²) >= 11 is 0. The van der Waals surface area contributed by atoms with Gasteiger partial charge in [0.2, 0.25) is 0 Å². The summed E-state index contributed by atoms with van der Waals surface area (Å²) in [4.78, 5) is 11.1. The molecule has 1 unspecified atom stereocenters. The average molecular weight is 205 g/mol. The van der Waals surface area contributed by atoms with E-state index in [2.05, 4.69) is 26.2 Å². The van der Waals surface area contributed by atoms with Crippen LogP contribution in [0.3, 0.4) is 0 Å². The first-order chi connectivity index (χ1) is 7.22. The van der Waals surface area contributed by atoms with Crippen LogP contribution in [0.1, 0.15) is 52.4 Å². The van der Waals surface area contributed by atoms with Crippen molar-refractivity contribution < 1.29 is 4.79 Å². The summed E-state index contributed by atoms with van der Waals surface area (Å²) in [6, 6.07) is 0. The van der Waals surface area contributed by atoms with Crippen molar-refractivity contribution in [2.24, 2.45) is 5.41 Å². The van der Waals surface area contributed by atoms with Crippen molar-refractivity contribution in [2.75, 3.05) is 0 Å². The second kappa shape index (κ2) is 5.82. The standard InChI is InChI=1S/C14H21O/c1-3-4-5-6-9-14(12-15)10-7-8-13(2)11-14/h7-8,10H,3-6,9,11H2,1-2H3/q+1. The fraction of sp³-hybridized carbons (Fsp3) is 0.643. The first-order valence-corrected chi connectivity index (χ1v) is 5.97. The second-order valence-corrected chi connectivity index (χ2v) is 4.62. The Morgan fingerprint density at radius 3 is 2.80 bits per heavy atom. The third-order valence-corrected chi connectivity index (χ3v) is 3.07. The summed E-state index contributed by atoms with van der Waals surface area (Å²) in [5.74, 6) is 0. The molecule has 0 radical (unpaired) electrons. The number of hydrogen-bond donors (Lipinski definition) is 0. The molecule has 0 N–H and O–H groups in total. The predicted octanol–water partition coefficient (Wildman–Crippen LogP) is 3.96. The number of rotatable bonds is 6. The highest BCUT2D eigenvalue weighted by Crippen LogP contribution is 2.34. The zero-order valence-electron chi connectivity index (χ0n) is 9.88. The van der Waals surface area contributed by atoms with Gasteiger partial charge in [-0.25, -0.2) is 0 Å². The van der Waals surface area contributed by atoms with Crippen LogP contribution in [0.5, 0.6) is 0 Å². The summed E-state index contributed by atoms with van der Waals surface area (Å²) in [7, 11) is 0. The maximum atomic E-state index is 11.1. The van der Waals surface area contributed by atoms with Crippen LogP contribution < -0.4 is 0 Å². The molecule has 0 aliphatic heterocycles. The van der Waals surface area contributed by atoms with Gasteiger partial charge in [0.05, 0.1) is 0 Å². The SMILES string of the molecule is CCCCCCC1([C+]=O)C=CC=C(C)C1. The van der Waals surface area contributed by atoms with Crippen LogP contribution in [-0.2, 0) is 4.79 Å². The molecule has 1 nitrogen and oxygen atoms in total. The Hall–Kier alpha value is -0.940. The van der Waals surface area contributed by atoms with Gasteiger partial charge in [-0.05, 0) is 19.4 Å². The average Bonchev–Trinajstić information content (AvgIpc) is 2.25. The third-order valence-electron chi connectivity index (χ3n) is 3.07. The van der Waals surface area contributed by atoms with Crippen molar-refractivity contribution in [1.82, 2.24) is 0 Å². The lowest BCUT2D eigenvalue weighted by molar-refractivity contribution is 0.408. The number of unbranched alkanes of at least 4 members (excludes halogenated alkanes) is 3. The van der Waals surface area contributed by atoms with E-state index in [0.29, 0.717) is 0 Å². The highest BCUT2D eigenvalue weighted by atomic mass is 16.1. The molecule has 0 aromatic carbocycles.